The predicted molar refractivity (Wildman–Crippen MR) is 108 cm³/mol. The average molecular weight is 422 g/mol. The predicted octanol–water partition coefficient (Wildman–Crippen LogP) is 1.78. The number of hydrogen-bond acceptors (Lipinski definition) is 4. The number of fused-ring (bicyclic) bond motifs is 1. The van der Waals surface area contributed by atoms with E-state index in [1.165, 1.54) is 12.1 Å². The number of carbonyl (C=O) groups is 2. The number of nitrogens with zero attached hydrogens (tertiary/aromatic N) is 2. The van der Waals surface area contributed by atoms with Gasteiger partial charge in [-0.3, -0.25) is 14.7 Å². The average Bonchev–Trinajstić information content (AvgIpc) is 3.17. The Morgan fingerprint density at radius 3 is 2.66 bits per heavy atom. The molecule has 29 heavy (non-hydrogen) atoms. The van der Waals surface area contributed by atoms with Crippen LogP contribution in [0.2, 0.25) is 0 Å². The fourth-order valence-corrected chi connectivity index (χ4v) is 3.83. The Morgan fingerprint density at radius 2 is 1.93 bits per heavy atom. The number of halogens is 2. The van der Waals surface area contributed by atoms with Crippen LogP contribution >= 0.6 is 12.4 Å². The molecule has 0 unspecified atom stereocenters. The summed E-state index contributed by atoms with van der Waals surface area (Å²) in [5, 5.41) is 13.4. The minimum absolute atomic E-state index is 0. The van der Waals surface area contributed by atoms with E-state index in [4.69, 9.17) is 0 Å². The lowest BCUT2D eigenvalue weighted by atomic mass is 9.95. The number of H-pyrrole nitrogens is 1. The summed E-state index contributed by atoms with van der Waals surface area (Å²) < 4.78 is 12.9. The maximum Gasteiger partial charge on any atom is 0.274 e. The molecule has 1 saturated heterocycles. The molecule has 3 heterocycles. The molecular weight excluding hydrogens is 397 g/mol. The van der Waals surface area contributed by atoms with Crippen LogP contribution in [-0.2, 0) is 24.3 Å². The molecule has 7 nitrogen and oxygen atoms in total. The number of aromatic amines is 1. The molecule has 2 aliphatic heterocycles. The van der Waals surface area contributed by atoms with E-state index < -0.39 is 0 Å². The second kappa shape index (κ2) is 9.37. The molecule has 0 atom stereocenters. The lowest BCUT2D eigenvalue weighted by molar-refractivity contribution is -0.126. The number of likely N-dealkylation sites (tertiary alicyclic amines) is 1. The van der Waals surface area contributed by atoms with Crippen molar-refractivity contribution in [1.82, 2.24) is 25.7 Å². The van der Waals surface area contributed by atoms with E-state index in [1.54, 1.807) is 17.0 Å². The summed E-state index contributed by atoms with van der Waals surface area (Å²) in [6, 6.07) is 6.09. The van der Waals surface area contributed by atoms with Gasteiger partial charge in [0.1, 0.15) is 5.82 Å². The van der Waals surface area contributed by atoms with Crippen molar-refractivity contribution in [2.75, 3.05) is 19.6 Å². The summed E-state index contributed by atoms with van der Waals surface area (Å²) in [4.78, 5) is 27.0. The summed E-state index contributed by atoms with van der Waals surface area (Å²) in [6.45, 7) is 3.02. The second-order valence-corrected chi connectivity index (χ2v) is 7.37. The van der Waals surface area contributed by atoms with Crippen LogP contribution in [0.5, 0.6) is 0 Å². The van der Waals surface area contributed by atoms with E-state index in [0.717, 1.165) is 29.8 Å². The van der Waals surface area contributed by atoms with Crippen molar-refractivity contribution in [2.24, 2.45) is 5.92 Å². The van der Waals surface area contributed by atoms with Crippen molar-refractivity contribution >= 4 is 24.2 Å². The largest absolute Gasteiger partial charge is 0.352 e. The van der Waals surface area contributed by atoms with Crippen molar-refractivity contribution in [1.29, 1.82) is 0 Å². The number of hydrogen-bond donors (Lipinski definition) is 3. The van der Waals surface area contributed by atoms with Gasteiger partial charge < -0.3 is 15.5 Å². The normalized spacial score (nSPS) is 16.7. The summed E-state index contributed by atoms with van der Waals surface area (Å²) >= 11 is 0. The molecule has 2 aromatic rings. The third-order valence-electron chi connectivity index (χ3n) is 5.54. The molecule has 2 aliphatic rings. The Balaban J connectivity index is 0.00000240. The van der Waals surface area contributed by atoms with Gasteiger partial charge in [-0.05, 0) is 30.5 Å². The molecular formula is C20H25ClFN5O2. The van der Waals surface area contributed by atoms with E-state index >= 15 is 0 Å². The number of carbonyl (C=O) groups excluding carboxylic acids is 2. The van der Waals surface area contributed by atoms with Crippen LogP contribution in [0.4, 0.5) is 4.39 Å². The summed E-state index contributed by atoms with van der Waals surface area (Å²) in [5.74, 6) is -0.482. The SMILES string of the molecule is Cl.O=C(NCc1ccc(F)cc1)C1CCN(C(=O)c2n[nH]c3c2CNCC3)CC1. The molecule has 2 amide bonds. The maximum absolute atomic E-state index is 12.9. The number of nitrogens with one attached hydrogen (secondary N) is 3. The summed E-state index contributed by atoms with van der Waals surface area (Å²) in [7, 11) is 0. The molecule has 0 spiro atoms. The van der Waals surface area contributed by atoms with Crippen molar-refractivity contribution in [3.63, 3.8) is 0 Å². The van der Waals surface area contributed by atoms with Crippen molar-refractivity contribution < 1.29 is 14.0 Å². The van der Waals surface area contributed by atoms with Crippen molar-refractivity contribution in [2.45, 2.75) is 32.4 Å². The quantitative estimate of drug-likeness (QED) is 0.702. The van der Waals surface area contributed by atoms with Gasteiger partial charge in [0, 0.05) is 56.3 Å². The van der Waals surface area contributed by atoms with Crippen LogP contribution < -0.4 is 10.6 Å². The molecule has 1 aromatic heterocycles. The minimum atomic E-state index is -0.291. The van der Waals surface area contributed by atoms with Gasteiger partial charge in [-0.1, -0.05) is 12.1 Å². The molecule has 156 valence electrons. The minimum Gasteiger partial charge on any atom is -0.352 e. The van der Waals surface area contributed by atoms with Gasteiger partial charge in [0.15, 0.2) is 5.69 Å². The van der Waals surface area contributed by atoms with Crippen LogP contribution in [0.3, 0.4) is 0 Å². The Hall–Kier alpha value is -2.45. The monoisotopic (exact) mass is 421 g/mol. The molecule has 0 aliphatic carbocycles. The van der Waals surface area contributed by atoms with Crippen LogP contribution in [0.25, 0.3) is 0 Å². The highest BCUT2D eigenvalue weighted by molar-refractivity contribution is 5.94. The Kier molecular flexibility index (Phi) is 6.87. The maximum atomic E-state index is 12.9. The summed E-state index contributed by atoms with van der Waals surface area (Å²) in [6.07, 6.45) is 2.11. The number of aromatic nitrogens is 2. The second-order valence-electron chi connectivity index (χ2n) is 7.37. The first kappa shape index (κ1) is 21.3. The first-order valence-corrected chi connectivity index (χ1v) is 9.70. The number of amides is 2. The van der Waals surface area contributed by atoms with Gasteiger partial charge in [0.25, 0.3) is 5.91 Å². The van der Waals surface area contributed by atoms with Crippen LogP contribution in [0.1, 0.15) is 40.2 Å². The Morgan fingerprint density at radius 1 is 1.21 bits per heavy atom. The standard InChI is InChI=1S/C20H24FN5O2.ClH/c21-15-3-1-13(2-4-15)11-23-19(27)14-6-9-26(10-7-14)20(28)18-16-12-22-8-5-17(16)24-25-18;/h1-4,14,22H,5-12H2,(H,23,27)(H,24,25);1H. The zero-order valence-corrected chi connectivity index (χ0v) is 16.9. The topological polar surface area (TPSA) is 90.1 Å². The van der Waals surface area contributed by atoms with Crippen LogP contribution in [0.15, 0.2) is 24.3 Å². The van der Waals surface area contributed by atoms with Gasteiger partial charge >= 0.3 is 0 Å². The molecule has 0 saturated carbocycles. The molecule has 3 N–H and O–H groups in total. The van der Waals surface area contributed by atoms with Gasteiger partial charge in [0.2, 0.25) is 5.91 Å². The third-order valence-corrected chi connectivity index (χ3v) is 5.54. The molecule has 0 radical (unpaired) electrons. The third kappa shape index (κ3) is 4.76. The Bertz CT molecular complexity index is 862. The number of benzene rings is 1. The lowest BCUT2D eigenvalue weighted by Crippen LogP contribution is -2.43. The van der Waals surface area contributed by atoms with Gasteiger partial charge in [0.05, 0.1) is 0 Å². The summed E-state index contributed by atoms with van der Waals surface area (Å²) in [5.41, 5.74) is 3.37. The van der Waals surface area contributed by atoms with Gasteiger partial charge in [-0.15, -0.1) is 12.4 Å². The first-order valence-electron chi connectivity index (χ1n) is 9.70. The van der Waals surface area contributed by atoms with E-state index in [-0.39, 0.29) is 36.0 Å². The van der Waals surface area contributed by atoms with Gasteiger partial charge in [-0.25, -0.2) is 4.39 Å². The van der Waals surface area contributed by atoms with Crippen molar-refractivity contribution in [3.05, 3.63) is 52.6 Å². The van der Waals surface area contributed by atoms with E-state index in [0.29, 0.717) is 44.7 Å². The lowest BCUT2D eigenvalue weighted by Gasteiger charge is -2.31. The van der Waals surface area contributed by atoms with E-state index in [2.05, 4.69) is 20.8 Å². The molecule has 0 bridgehead atoms. The molecule has 9 heteroatoms. The highest BCUT2D eigenvalue weighted by atomic mass is 35.5. The van der Waals surface area contributed by atoms with Crippen LogP contribution in [0, 0.1) is 11.7 Å². The highest BCUT2D eigenvalue weighted by Crippen LogP contribution is 2.22. The smallest absolute Gasteiger partial charge is 0.274 e. The van der Waals surface area contributed by atoms with E-state index in [9.17, 15) is 14.0 Å². The molecule has 1 fully saturated rings. The van der Waals surface area contributed by atoms with Crippen molar-refractivity contribution in [3.8, 4) is 0 Å². The molecule has 4 rings (SSSR count). The highest BCUT2D eigenvalue weighted by Gasteiger charge is 2.30. The zero-order chi connectivity index (χ0) is 19.5. The molecule has 1 aromatic carbocycles. The Labute approximate surface area is 174 Å². The fraction of sp³-hybridized carbons (Fsp3) is 0.450. The number of rotatable bonds is 4. The zero-order valence-electron chi connectivity index (χ0n) is 16.0. The van der Waals surface area contributed by atoms with E-state index in [1.807, 2.05) is 0 Å². The fourth-order valence-electron chi connectivity index (χ4n) is 3.83. The first-order chi connectivity index (χ1) is 13.6. The van der Waals surface area contributed by atoms with Gasteiger partial charge in [-0.2, -0.15) is 5.10 Å². The number of piperidine rings is 1. The van der Waals surface area contributed by atoms with Crippen LogP contribution in [-0.4, -0.2) is 46.5 Å².